The number of aromatic nitrogens is 2. The molecule has 7 nitrogen and oxygen atoms in total. The second-order valence-electron chi connectivity index (χ2n) is 10.8. The number of fused-ring (bicyclic) bond motifs is 1. The molecule has 1 aliphatic rings. The minimum absolute atomic E-state index is 0.129. The van der Waals surface area contributed by atoms with Crippen molar-refractivity contribution in [3.8, 4) is 0 Å². The van der Waals surface area contributed by atoms with E-state index in [2.05, 4.69) is 12.2 Å². The Morgan fingerprint density at radius 3 is 2.40 bits per heavy atom. The zero-order valence-corrected chi connectivity index (χ0v) is 26.3. The Hall–Kier alpha value is -2.23. The van der Waals surface area contributed by atoms with E-state index in [1.165, 1.54) is 63.1 Å². The maximum Gasteiger partial charge on any atom is 0.267 e. The lowest BCUT2D eigenvalue weighted by Gasteiger charge is -2.14. The average molecular weight is 587 g/mol. The molecule has 0 aromatic carbocycles. The Kier molecular flexibility index (Phi) is 13.6. The molecule has 0 aliphatic carbocycles. The summed E-state index contributed by atoms with van der Waals surface area (Å²) >= 11 is 6.82. The zero-order chi connectivity index (χ0) is 28.9. The number of amides is 1. The number of thioether (sulfide) groups is 1. The predicted octanol–water partition coefficient (Wildman–Crippen LogP) is 7.35. The fourth-order valence-electron chi connectivity index (χ4n) is 4.76. The van der Waals surface area contributed by atoms with Gasteiger partial charge in [-0.2, -0.15) is 0 Å². The van der Waals surface area contributed by atoms with Gasteiger partial charge in [-0.3, -0.25) is 18.9 Å². The monoisotopic (exact) mass is 586 g/mol. The summed E-state index contributed by atoms with van der Waals surface area (Å²) in [6.45, 7) is 10.0. The lowest BCUT2D eigenvalue weighted by Crippen LogP contribution is -2.29. The van der Waals surface area contributed by atoms with Crippen LogP contribution in [0.2, 0.25) is 0 Å². The van der Waals surface area contributed by atoms with Gasteiger partial charge in [0.15, 0.2) is 0 Å². The molecule has 220 valence electrons. The number of nitrogens with zero attached hydrogens (tertiary/aromatic N) is 3. The molecule has 9 heteroatoms. The first kappa shape index (κ1) is 32.3. The Balaban J connectivity index is 1.65. The van der Waals surface area contributed by atoms with Crippen molar-refractivity contribution in [2.45, 2.75) is 104 Å². The van der Waals surface area contributed by atoms with Gasteiger partial charge < -0.3 is 10.1 Å². The quantitative estimate of drug-likeness (QED) is 0.111. The topological polar surface area (TPSA) is 75.9 Å². The maximum atomic E-state index is 13.6. The molecule has 1 aliphatic heterocycles. The van der Waals surface area contributed by atoms with Crippen molar-refractivity contribution in [2.24, 2.45) is 0 Å². The van der Waals surface area contributed by atoms with Crippen LogP contribution in [0.15, 0.2) is 28.0 Å². The van der Waals surface area contributed by atoms with Crippen molar-refractivity contribution in [2.75, 3.05) is 25.0 Å². The number of hydrogen-bond acceptors (Lipinski definition) is 7. The first-order valence-corrected chi connectivity index (χ1v) is 16.2. The van der Waals surface area contributed by atoms with Crippen molar-refractivity contribution in [3.63, 3.8) is 0 Å². The summed E-state index contributed by atoms with van der Waals surface area (Å²) in [5.74, 6) is 0.347. The summed E-state index contributed by atoms with van der Waals surface area (Å²) in [7, 11) is 0. The van der Waals surface area contributed by atoms with Crippen molar-refractivity contribution in [1.29, 1.82) is 0 Å². The van der Waals surface area contributed by atoms with Crippen LogP contribution in [0, 0.1) is 6.92 Å². The van der Waals surface area contributed by atoms with E-state index in [1.807, 2.05) is 32.9 Å². The van der Waals surface area contributed by atoms with Gasteiger partial charge in [-0.1, -0.05) is 94.8 Å². The molecule has 0 spiro atoms. The van der Waals surface area contributed by atoms with Gasteiger partial charge in [0, 0.05) is 25.9 Å². The number of rotatable bonds is 18. The Bertz CT molecular complexity index is 1230. The van der Waals surface area contributed by atoms with Gasteiger partial charge in [0.25, 0.3) is 11.5 Å². The molecule has 0 unspecified atom stereocenters. The maximum absolute atomic E-state index is 13.6. The highest BCUT2D eigenvalue weighted by Gasteiger charge is 2.32. The number of anilines is 1. The van der Waals surface area contributed by atoms with Gasteiger partial charge in [-0.25, -0.2) is 4.98 Å². The third kappa shape index (κ3) is 9.42. The van der Waals surface area contributed by atoms with Crippen molar-refractivity contribution in [1.82, 2.24) is 14.3 Å². The molecule has 3 heterocycles. The van der Waals surface area contributed by atoms with E-state index in [9.17, 15) is 9.59 Å². The number of unbranched alkanes of at least 4 members (excludes halogenated alkanes) is 9. The number of aryl methyl sites for hydroxylation is 1. The van der Waals surface area contributed by atoms with Gasteiger partial charge in [-0.05, 0) is 51.3 Å². The number of ether oxygens (including phenoxy) is 1. The number of carbonyl (C=O) groups is 1. The minimum Gasteiger partial charge on any atom is -0.379 e. The normalized spacial score (nSPS) is 14.8. The number of thiocarbonyl (C=S) groups is 1. The smallest absolute Gasteiger partial charge is 0.267 e. The minimum atomic E-state index is -0.213. The molecule has 40 heavy (non-hydrogen) atoms. The molecular formula is C31H46N4O3S2. The summed E-state index contributed by atoms with van der Waals surface area (Å²) in [6.07, 6.45) is 16.7. The van der Waals surface area contributed by atoms with E-state index in [0.29, 0.717) is 46.0 Å². The number of pyridine rings is 1. The molecule has 0 atom stereocenters. The highest BCUT2D eigenvalue weighted by Crippen LogP contribution is 2.33. The van der Waals surface area contributed by atoms with Crippen LogP contribution in [0.4, 0.5) is 5.82 Å². The number of nitrogens with one attached hydrogen (secondary N) is 1. The first-order chi connectivity index (χ1) is 19.3. The highest BCUT2D eigenvalue weighted by atomic mass is 32.2. The van der Waals surface area contributed by atoms with Gasteiger partial charge >= 0.3 is 0 Å². The predicted molar refractivity (Wildman–Crippen MR) is 172 cm³/mol. The number of hydrogen-bond donors (Lipinski definition) is 1. The standard InChI is InChI=1S/C31H46N4O3S2/c1-5-6-7-8-9-10-11-12-13-14-19-35-30(37)26(40-31(35)39)22-25-27(32-18-16-21-38-23(2)3)33-28-24(4)17-15-20-34(28)29(25)36/h15,17,20,22-23,32H,5-14,16,18-19,21H2,1-4H3. The van der Waals surface area contributed by atoms with Gasteiger partial charge in [0.2, 0.25) is 0 Å². The van der Waals surface area contributed by atoms with Crippen LogP contribution in [0.25, 0.3) is 11.7 Å². The Labute approximate surface area is 249 Å². The lowest BCUT2D eigenvalue weighted by atomic mass is 10.1. The van der Waals surface area contributed by atoms with Gasteiger partial charge in [0.05, 0.1) is 16.6 Å². The third-order valence-corrected chi connectivity index (χ3v) is 8.41. The molecule has 1 N–H and O–H groups in total. The SMILES string of the molecule is CCCCCCCCCCCCN1C(=O)C(=Cc2c(NCCCOC(C)C)nc3c(C)cccn3c2=O)SC1=S. The van der Waals surface area contributed by atoms with Crippen LogP contribution in [0.3, 0.4) is 0 Å². The van der Waals surface area contributed by atoms with Crippen molar-refractivity contribution >= 4 is 51.7 Å². The van der Waals surface area contributed by atoms with E-state index < -0.39 is 0 Å². The second kappa shape index (κ2) is 16.9. The molecule has 0 saturated carbocycles. The second-order valence-corrected chi connectivity index (χ2v) is 12.5. The highest BCUT2D eigenvalue weighted by molar-refractivity contribution is 8.26. The van der Waals surface area contributed by atoms with Gasteiger partial charge in [-0.15, -0.1) is 0 Å². The van der Waals surface area contributed by atoms with Crippen LogP contribution in [-0.2, 0) is 9.53 Å². The summed E-state index contributed by atoms with van der Waals surface area (Å²) in [5.41, 5.74) is 1.65. The van der Waals surface area contributed by atoms with Crippen molar-refractivity contribution in [3.05, 3.63) is 44.7 Å². The fourth-order valence-corrected chi connectivity index (χ4v) is 6.05. The van der Waals surface area contributed by atoms with Crippen LogP contribution in [-0.4, -0.2) is 50.3 Å². The zero-order valence-electron chi connectivity index (χ0n) is 24.7. The van der Waals surface area contributed by atoms with Crippen LogP contribution >= 0.6 is 24.0 Å². The van der Waals surface area contributed by atoms with E-state index in [1.54, 1.807) is 21.6 Å². The molecule has 2 aromatic rings. The van der Waals surface area contributed by atoms with Crippen molar-refractivity contribution < 1.29 is 9.53 Å². The summed E-state index contributed by atoms with van der Waals surface area (Å²) in [6, 6.07) is 3.76. The first-order valence-electron chi connectivity index (χ1n) is 15.0. The van der Waals surface area contributed by atoms with Crippen LogP contribution in [0.5, 0.6) is 0 Å². The van der Waals surface area contributed by atoms with Crippen LogP contribution < -0.4 is 10.9 Å². The van der Waals surface area contributed by atoms with Crippen LogP contribution in [0.1, 0.15) is 103 Å². The molecular weight excluding hydrogens is 541 g/mol. The molecule has 1 fully saturated rings. The van der Waals surface area contributed by atoms with E-state index in [4.69, 9.17) is 21.9 Å². The fraction of sp³-hybridized carbons (Fsp3) is 0.613. The summed E-state index contributed by atoms with van der Waals surface area (Å²) in [4.78, 5) is 33.8. The van der Waals surface area contributed by atoms with E-state index >= 15 is 0 Å². The van der Waals surface area contributed by atoms with Gasteiger partial charge in [0.1, 0.15) is 15.8 Å². The Morgan fingerprint density at radius 1 is 1.05 bits per heavy atom. The molecule has 0 bridgehead atoms. The summed E-state index contributed by atoms with van der Waals surface area (Å²) in [5, 5.41) is 3.32. The van der Waals surface area contributed by atoms with E-state index in [0.717, 1.165) is 24.8 Å². The lowest BCUT2D eigenvalue weighted by molar-refractivity contribution is -0.122. The Morgan fingerprint density at radius 2 is 1.73 bits per heavy atom. The average Bonchev–Trinajstić information content (AvgIpc) is 3.19. The van der Waals surface area contributed by atoms with E-state index in [-0.39, 0.29) is 17.6 Å². The molecule has 1 amide bonds. The third-order valence-electron chi connectivity index (χ3n) is 7.03. The molecule has 3 rings (SSSR count). The molecule has 2 aromatic heterocycles. The molecule has 0 radical (unpaired) electrons. The largest absolute Gasteiger partial charge is 0.379 e. The summed E-state index contributed by atoms with van der Waals surface area (Å²) < 4.78 is 7.73. The number of carbonyl (C=O) groups excluding carboxylic acids is 1. The molecule has 1 saturated heterocycles.